The molecule has 0 amide bonds. The van der Waals surface area contributed by atoms with E-state index in [4.69, 9.17) is 0 Å². The van der Waals surface area contributed by atoms with E-state index in [-0.39, 0.29) is 11.2 Å². The lowest BCUT2D eigenvalue weighted by Crippen LogP contribution is -2.16. The van der Waals surface area contributed by atoms with Crippen molar-refractivity contribution in [2.24, 2.45) is 7.05 Å². The van der Waals surface area contributed by atoms with Crippen molar-refractivity contribution in [1.29, 1.82) is 0 Å². The monoisotopic (exact) mass is 262 g/mol. The van der Waals surface area contributed by atoms with Crippen LogP contribution in [0, 0.1) is 5.82 Å². The number of benzene rings is 1. The summed E-state index contributed by atoms with van der Waals surface area (Å²) in [6.07, 6.45) is 1.03. The Labute approximate surface area is 112 Å². The summed E-state index contributed by atoms with van der Waals surface area (Å²) in [6, 6.07) is 5.90. The molecule has 1 aromatic heterocycles. The van der Waals surface area contributed by atoms with Crippen LogP contribution in [0.1, 0.15) is 43.7 Å². The van der Waals surface area contributed by atoms with Crippen molar-refractivity contribution in [2.45, 2.75) is 32.3 Å². The Morgan fingerprint density at radius 1 is 1.21 bits per heavy atom. The first-order chi connectivity index (χ1) is 8.79. The average molecular weight is 262 g/mol. The molecule has 0 spiro atoms. The molecule has 0 aliphatic heterocycles. The van der Waals surface area contributed by atoms with Crippen molar-refractivity contribution in [2.75, 3.05) is 0 Å². The van der Waals surface area contributed by atoms with Gasteiger partial charge in [-0.3, -0.25) is 4.68 Å². The molecule has 0 saturated carbocycles. The summed E-state index contributed by atoms with van der Waals surface area (Å²) in [5, 5.41) is 14.9. The van der Waals surface area contributed by atoms with Gasteiger partial charge < -0.3 is 5.11 Å². The lowest BCUT2D eigenvalue weighted by atomic mass is 9.87. The van der Waals surface area contributed by atoms with E-state index < -0.39 is 6.10 Å². The van der Waals surface area contributed by atoms with E-state index in [2.05, 4.69) is 25.9 Å². The van der Waals surface area contributed by atoms with Gasteiger partial charge in [-0.25, -0.2) is 4.39 Å². The van der Waals surface area contributed by atoms with Crippen LogP contribution in [0.25, 0.3) is 0 Å². The van der Waals surface area contributed by atoms with E-state index in [0.717, 1.165) is 11.3 Å². The van der Waals surface area contributed by atoms with Gasteiger partial charge in [-0.15, -0.1) is 0 Å². The molecule has 102 valence electrons. The number of hydrogen-bond donors (Lipinski definition) is 1. The normalized spacial score (nSPS) is 13.6. The summed E-state index contributed by atoms with van der Waals surface area (Å²) in [4.78, 5) is 0. The maximum atomic E-state index is 12.9. The van der Waals surface area contributed by atoms with E-state index in [9.17, 15) is 9.50 Å². The third-order valence-corrected chi connectivity index (χ3v) is 3.05. The van der Waals surface area contributed by atoms with Crippen molar-refractivity contribution in [3.8, 4) is 0 Å². The number of aryl methyl sites for hydroxylation is 1. The van der Waals surface area contributed by atoms with Gasteiger partial charge in [-0.05, 0) is 17.7 Å². The molecule has 1 unspecified atom stereocenters. The Hall–Kier alpha value is -1.68. The molecule has 0 bridgehead atoms. The largest absolute Gasteiger partial charge is 0.384 e. The molecule has 1 atom stereocenters. The van der Waals surface area contributed by atoms with Gasteiger partial charge in [0, 0.05) is 24.2 Å². The Balaban J connectivity index is 2.44. The summed E-state index contributed by atoms with van der Waals surface area (Å²) in [6.45, 7) is 6.16. The number of halogens is 1. The van der Waals surface area contributed by atoms with Crippen molar-refractivity contribution in [3.63, 3.8) is 0 Å². The van der Waals surface area contributed by atoms with Crippen LogP contribution in [0.2, 0.25) is 0 Å². The number of hydrogen-bond acceptors (Lipinski definition) is 2. The van der Waals surface area contributed by atoms with Gasteiger partial charge in [0.1, 0.15) is 11.9 Å². The molecule has 2 aromatic rings. The van der Waals surface area contributed by atoms with Gasteiger partial charge in [0.2, 0.25) is 0 Å². The zero-order valence-electron chi connectivity index (χ0n) is 11.7. The Morgan fingerprint density at radius 2 is 1.79 bits per heavy atom. The second-order valence-corrected chi connectivity index (χ2v) is 5.81. The van der Waals surface area contributed by atoms with Crippen LogP contribution in [-0.2, 0) is 12.5 Å². The molecular formula is C15H19FN2O. The highest BCUT2D eigenvalue weighted by molar-refractivity contribution is 5.34. The number of aliphatic hydroxyl groups excluding tert-OH is 1. The van der Waals surface area contributed by atoms with Crippen molar-refractivity contribution in [3.05, 3.63) is 53.1 Å². The van der Waals surface area contributed by atoms with Crippen LogP contribution >= 0.6 is 0 Å². The van der Waals surface area contributed by atoms with Crippen LogP contribution in [0.15, 0.2) is 30.5 Å². The Morgan fingerprint density at radius 3 is 2.32 bits per heavy atom. The second-order valence-electron chi connectivity index (χ2n) is 5.81. The zero-order chi connectivity index (χ0) is 14.2. The molecule has 4 heteroatoms. The summed E-state index contributed by atoms with van der Waals surface area (Å²) in [7, 11) is 1.83. The minimum atomic E-state index is -0.788. The average Bonchev–Trinajstić information content (AvgIpc) is 2.71. The number of rotatable bonds is 2. The predicted octanol–water partition coefficient (Wildman–Crippen LogP) is 2.94. The van der Waals surface area contributed by atoms with E-state index in [1.165, 1.54) is 12.1 Å². The highest BCUT2D eigenvalue weighted by atomic mass is 19.1. The molecule has 2 rings (SSSR count). The summed E-state index contributed by atoms with van der Waals surface area (Å²) >= 11 is 0. The minimum absolute atomic E-state index is 0.155. The fourth-order valence-corrected chi connectivity index (χ4v) is 2.11. The molecular weight excluding hydrogens is 243 g/mol. The summed E-state index contributed by atoms with van der Waals surface area (Å²) in [5.74, 6) is -0.307. The fraction of sp³-hybridized carbons (Fsp3) is 0.400. The summed E-state index contributed by atoms with van der Waals surface area (Å²) < 4.78 is 14.6. The van der Waals surface area contributed by atoms with Gasteiger partial charge in [0.25, 0.3) is 0 Å². The van der Waals surface area contributed by atoms with Gasteiger partial charge >= 0.3 is 0 Å². The van der Waals surface area contributed by atoms with Crippen LogP contribution in [0.4, 0.5) is 4.39 Å². The van der Waals surface area contributed by atoms with Gasteiger partial charge in [-0.2, -0.15) is 5.10 Å². The molecule has 19 heavy (non-hydrogen) atoms. The van der Waals surface area contributed by atoms with Gasteiger partial charge in [-0.1, -0.05) is 32.9 Å². The second kappa shape index (κ2) is 4.78. The molecule has 0 radical (unpaired) electrons. The highest BCUT2D eigenvalue weighted by Crippen LogP contribution is 2.31. The molecule has 0 aliphatic rings. The van der Waals surface area contributed by atoms with Crippen molar-refractivity contribution >= 4 is 0 Å². The summed E-state index contributed by atoms with van der Waals surface area (Å²) in [5.41, 5.74) is 2.13. The minimum Gasteiger partial charge on any atom is -0.384 e. The van der Waals surface area contributed by atoms with Crippen LogP contribution in [0.3, 0.4) is 0 Å². The lowest BCUT2D eigenvalue weighted by molar-refractivity contribution is 0.217. The van der Waals surface area contributed by atoms with Gasteiger partial charge in [0.05, 0.1) is 5.69 Å². The first kappa shape index (κ1) is 13.7. The molecule has 1 heterocycles. The quantitative estimate of drug-likeness (QED) is 0.903. The molecule has 0 saturated heterocycles. The molecule has 0 aliphatic carbocycles. The van der Waals surface area contributed by atoms with Crippen molar-refractivity contribution < 1.29 is 9.50 Å². The predicted molar refractivity (Wildman–Crippen MR) is 72.4 cm³/mol. The maximum absolute atomic E-state index is 12.9. The Bertz CT molecular complexity index is 567. The molecule has 0 fully saturated rings. The standard InChI is InChI=1S/C15H19FN2O/c1-15(2,3)14-12(9-18(4)17-14)13(19)10-5-7-11(16)8-6-10/h5-9,13,19H,1-4H3. The number of aliphatic hydroxyl groups is 1. The van der Waals surface area contributed by atoms with Crippen LogP contribution < -0.4 is 0 Å². The van der Waals surface area contributed by atoms with E-state index >= 15 is 0 Å². The van der Waals surface area contributed by atoms with E-state index in [1.807, 2.05) is 13.2 Å². The lowest BCUT2D eigenvalue weighted by Gasteiger charge is -2.20. The van der Waals surface area contributed by atoms with Crippen LogP contribution in [0.5, 0.6) is 0 Å². The first-order valence-electron chi connectivity index (χ1n) is 6.26. The van der Waals surface area contributed by atoms with E-state index in [0.29, 0.717) is 5.56 Å². The highest BCUT2D eigenvalue weighted by Gasteiger charge is 2.26. The molecule has 3 nitrogen and oxygen atoms in total. The smallest absolute Gasteiger partial charge is 0.123 e. The van der Waals surface area contributed by atoms with E-state index in [1.54, 1.807) is 16.8 Å². The third-order valence-electron chi connectivity index (χ3n) is 3.05. The first-order valence-corrected chi connectivity index (χ1v) is 6.26. The van der Waals surface area contributed by atoms with Gasteiger partial charge in [0.15, 0.2) is 0 Å². The maximum Gasteiger partial charge on any atom is 0.123 e. The van der Waals surface area contributed by atoms with Crippen molar-refractivity contribution in [1.82, 2.24) is 9.78 Å². The Kier molecular flexibility index (Phi) is 3.45. The SMILES string of the molecule is Cn1cc(C(O)c2ccc(F)cc2)c(C(C)(C)C)n1. The number of nitrogens with zero attached hydrogens (tertiary/aromatic N) is 2. The zero-order valence-corrected chi connectivity index (χ0v) is 11.7. The molecule has 1 N–H and O–H groups in total. The fourth-order valence-electron chi connectivity index (χ4n) is 2.11. The molecule has 1 aromatic carbocycles. The third kappa shape index (κ3) is 2.84. The number of aromatic nitrogens is 2. The van der Waals surface area contributed by atoms with Crippen LogP contribution in [-0.4, -0.2) is 14.9 Å². The topological polar surface area (TPSA) is 38.0 Å².